The van der Waals surface area contributed by atoms with Crippen LogP contribution in [0.3, 0.4) is 0 Å². The first-order chi connectivity index (χ1) is 8.34. The highest BCUT2D eigenvalue weighted by molar-refractivity contribution is 6.01. The van der Waals surface area contributed by atoms with Gasteiger partial charge in [-0.25, -0.2) is 4.79 Å². The molecular formula is C11H8F3NO3. The summed E-state index contributed by atoms with van der Waals surface area (Å²) in [5.41, 5.74) is -1.55. The van der Waals surface area contributed by atoms with Crippen LogP contribution in [-0.2, 0) is 17.5 Å². The zero-order valence-corrected chi connectivity index (χ0v) is 9.22. The number of alkyl halides is 3. The number of rotatable bonds is 1. The first-order valence-corrected chi connectivity index (χ1v) is 4.95. The first kappa shape index (κ1) is 12.4. The van der Waals surface area contributed by atoms with E-state index in [9.17, 15) is 22.8 Å². The lowest BCUT2D eigenvalue weighted by molar-refractivity contribution is -0.138. The number of nitrogens with one attached hydrogen (secondary N) is 1. The second-order valence-electron chi connectivity index (χ2n) is 3.72. The van der Waals surface area contributed by atoms with Crippen LogP contribution in [0.4, 0.5) is 13.2 Å². The number of ether oxygens (including phenoxy) is 1. The molecule has 0 saturated heterocycles. The number of methoxy groups -OCH3 is 1. The standard InChI is InChI=1S/C11H8F3NO3/c1-18-10(17)5-2-6-7(4-15-9(6)16)8(3-5)11(12,13)14/h2-3H,4H2,1H3,(H,15,16). The van der Waals surface area contributed by atoms with E-state index in [1.807, 2.05) is 0 Å². The van der Waals surface area contributed by atoms with Gasteiger partial charge in [0.1, 0.15) is 0 Å². The van der Waals surface area contributed by atoms with E-state index in [0.717, 1.165) is 13.2 Å². The molecule has 7 heteroatoms. The molecule has 0 radical (unpaired) electrons. The van der Waals surface area contributed by atoms with Gasteiger partial charge in [0.25, 0.3) is 5.91 Å². The molecule has 1 aromatic carbocycles. The molecule has 0 atom stereocenters. The summed E-state index contributed by atoms with van der Waals surface area (Å²) in [6, 6.07) is 1.81. The van der Waals surface area contributed by atoms with Gasteiger partial charge < -0.3 is 10.1 Å². The monoisotopic (exact) mass is 259 g/mol. The minimum atomic E-state index is -4.62. The summed E-state index contributed by atoms with van der Waals surface area (Å²) in [5, 5.41) is 2.29. The van der Waals surface area contributed by atoms with Gasteiger partial charge in [0.05, 0.1) is 18.2 Å². The molecule has 0 unspecified atom stereocenters. The van der Waals surface area contributed by atoms with Gasteiger partial charge in [0.2, 0.25) is 0 Å². The van der Waals surface area contributed by atoms with Crippen LogP contribution in [0.25, 0.3) is 0 Å². The van der Waals surface area contributed by atoms with Gasteiger partial charge in [-0.1, -0.05) is 0 Å². The van der Waals surface area contributed by atoms with Gasteiger partial charge in [-0.3, -0.25) is 4.79 Å². The fraction of sp³-hybridized carbons (Fsp3) is 0.273. The van der Waals surface area contributed by atoms with E-state index < -0.39 is 23.6 Å². The third kappa shape index (κ3) is 1.92. The van der Waals surface area contributed by atoms with Crippen molar-refractivity contribution in [2.75, 3.05) is 7.11 Å². The van der Waals surface area contributed by atoms with Gasteiger partial charge in [0.15, 0.2) is 0 Å². The summed E-state index contributed by atoms with van der Waals surface area (Å²) in [7, 11) is 1.06. The molecule has 1 amide bonds. The maximum Gasteiger partial charge on any atom is 0.416 e. The normalized spacial score (nSPS) is 14.1. The number of esters is 1. The van der Waals surface area contributed by atoms with Gasteiger partial charge in [-0.15, -0.1) is 0 Å². The lowest BCUT2D eigenvalue weighted by Gasteiger charge is -2.12. The Morgan fingerprint density at radius 2 is 2.06 bits per heavy atom. The van der Waals surface area contributed by atoms with E-state index >= 15 is 0 Å². The maximum absolute atomic E-state index is 12.8. The highest BCUT2D eigenvalue weighted by Crippen LogP contribution is 2.36. The first-order valence-electron chi connectivity index (χ1n) is 4.95. The van der Waals surface area contributed by atoms with Crippen LogP contribution in [0.5, 0.6) is 0 Å². The molecule has 4 nitrogen and oxygen atoms in total. The minimum absolute atomic E-state index is 0.134. The highest BCUT2D eigenvalue weighted by Gasteiger charge is 2.38. The smallest absolute Gasteiger partial charge is 0.416 e. The van der Waals surface area contributed by atoms with E-state index in [1.54, 1.807) is 0 Å². The molecule has 0 aliphatic carbocycles. The van der Waals surface area contributed by atoms with E-state index in [4.69, 9.17) is 0 Å². The van der Waals surface area contributed by atoms with E-state index in [-0.39, 0.29) is 23.2 Å². The molecule has 96 valence electrons. The Bertz CT molecular complexity index is 537. The number of fused-ring (bicyclic) bond motifs is 1. The van der Waals surface area contributed by atoms with E-state index in [1.165, 1.54) is 0 Å². The fourth-order valence-electron chi connectivity index (χ4n) is 1.82. The lowest BCUT2D eigenvalue weighted by Crippen LogP contribution is -2.13. The third-order valence-corrected chi connectivity index (χ3v) is 2.65. The van der Waals surface area contributed by atoms with Crippen LogP contribution in [0.15, 0.2) is 12.1 Å². The predicted octanol–water partition coefficient (Wildman–Crippen LogP) is 1.74. The summed E-state index contributed by atoms with van der Waals surface area (Å²) < 4.78 is 42.8. The van der Waals surface area contributed by atoms with Crippen LogP contribution in [0.1, 0.15) is 31.8 Å². The van der Waals surface area contributed by atoms with Crippen molar-refractivity contribution in [2.24, 2.45) is 0 Å². The topological polar surface area (TPSA) is 55.4 Å². The number of amides is 1. The van der Waals surface area contributed by atoms with Gasteiger partial charge in [-0.05, 0) is 17.7 Å². The van der Waals surface area contributed by atoms with Gasteiger partial charge in [-0.2, -0.15) is 13.2 Å². The summed E-state index contributed by atoms with van der Waals surface area (Å²) >= 11 is 0. The summed E-state index contributed by atoms with van der Waals surface area (Å²) in [6.45, 7) is -0.190. The Morgan fingerprint density at radius 3 is 2.61 bits per heavy atom. The minimum Gasteiger partial charge on any atom is -0.465 e. The van der Waals surface area contributed by atoms with Crippen LogP contribution in [0.2, 0.25) is 0 Å². The Hall–Kier alpha value is -2.05. The summed E-state index contributed by atoms with van der Waals surface area (Å²) in [4.78, 5) is 22.7. The highest BCUT2D eigenvalue weighted by atomic mass is 19.4. The Morgan fingerprint density at radius 1 is 1.39 bits per heavy atom. The molecule has 1 heterocycles. The number of carbonyl (C=O) groups excluding carboxylic acids is 2. The van der Waals surface area contributed by atoms with Crippen molar-refractivity contribution in [2.45, 2.75) is 12.7 Å². The van der Waals surface area contributed by atoms with Crippen molar-refractivity contribution in [3.63, 3.8) is 0 Å². The summed E-state index contributed by atoms with van der Waals surface area (Å²) in [6.07, 6.45) is -4.62. The number of hydrogen-bond donors (Lipinski definition) is 1. The van der Waals surface area contributed by atoms with Crippen LogP contribution in [0, 0.1) is 0 Å². The number of halogens is 3. The van der Waals surface area contributed by atoms with Gasteiger partial charge >= 0.3 is 12.1 Å². The Labute approximate surface area is 99.7 Å². The molecule has 0 bridgehead atoms. The second kappa shape index (κ2) is 4.01. The lowest BCUT2D eigenvalue weighted by atomic mass is 9.99. The van der Waals surface area contributed by atoms with Crippen molar-refractivity contribution in [1.82, 2.24) is 5.32 Å². The van der Waals surface area contributed by atoms with Gasteiger partial charge in [0, 0.05) is 12.1 Å². The van der Waals surface area contributed by atoms with Crippen molar-refractivity contribution in [3.05, 3.63) is 34.4 Å². The fourth-order valence-corrected chi connectivity index (χ4v) is 1.82. The molecule has 1 aliphatic rings. The number of carbonyl (C=O) groups is 2. The quantitative estimate of drug-likeness (QED) is 0.781. The number of hydrogen-bond acceptors (Lipinski definition) is 3. The van der Waals surface area contributed by atoms with Crippen LogP contribution in [-0.4, -0.2) is 19.0 Å². The largest absolute Gasteiger partial charge is 0.465 e. The van der Waals surface area contributed by atoms with Crippen molar-refractivity contribution < 1.29 is 27.5 Å². The molecule has 0 saturated carbocycles. The van der Waals surface area contributed by atoms with Crippen molar-refractivity contribution in [1.29, 1.82) is 0 Å². The molecule has 0 aromatic heterocycles. The van der Waals surface area contributed by atoms with E-state index in [2.05, 4.69) is 10.1 Å². The molecule has 18 heavy (non-hydrogen) atoms. The molecule has 1 N–H and O–H groups in total. The average Bonchev–Trinajstić information content (AvgIpc) is 2.68. The SMILES string of the molecule is COC(=O)c1cc2c(c(C(F)(F)F)c1)CNC2=O. The molecule has 0 fully saturated rings. The Kier molecular flexibility index (Phi) is 2.76. The van der Waals surface area contributed by atoms with Crippen molar-refractivity contribution in [3.8, 4) is 0 Å². The van der Waals surface area contributed by atoms with Crippen molar-refractivity contribution >= 4 is 11.9 Å². The van der Waals surface area contributed by atoms with Crippen LogP contribution >= 0.6 is 0 Å². The second-order valence-corrected chi connectivity index (χ2v) is 3.72. The maximum atomic E-state index is 12.8. The van der Waals surface area contributed by atoms with E-state index in [0.29, 0.717) is 6.07 Å². The zero-order valence-electron chi connectivity index (χ0n) is 9.22. The third-order valence-electron chi connectivity index (χ3n) is 2.65. The van der Waals surface area contributed by atoms with Crippen LogP contribution < -0.4 is 5.32 Å². The predicted molar refractivity (Wildman–Crippen MR) is 54.0 cm³/mol. The zero-order chi connectivity index (χ0) is 13.5. The number of benzene rings is 1. The summed E-state index contributed by atoms with van der Waals surface area (Å²) in [5.74, 6) is -1.54. The molecule has 1 aromatic rings. The molecule has 2 rings (SSSR count). The average molecular weight is 259 g/mol. The molecular weight excluding hydrogens is 251 g/mol. The molecule has 0 spiro atoms. The molecule has 1 aliphatic heterocycles. The Balaban J connectivity index is 2.66.